The van der Waals surface area contributed by atoms with E-state index in [-0.39, 0.29) is 5.91 Å². The van der Waals surface area contributed by atoms with Crippen LogP contribution in [0.1, 0.15) is 16.8 Å². The van der Waals surface area contributed by atoms with E-state index in [0.29, 0.717) is 0 Å². The first-order valence-corrected chi connectivity index (χ1v) is 8.65. The van der Waals surface area contributed by atoms with Crippen LogP contribution in [0.5, 0.6) is 0 Å². The van der Waals surface area contributed by atoms with Crippen LogP contribution in [0, 0.1) is 0 Å². The molecule has 1 aromatic carbocycles. The van der Waals surface area contributed by atoms with Gasteiger partial charge in [0.2, 0.25) is 0 Å². The van der Waals surface area contributed by atoms with Crippen LogP contribution in [0.3, 0.4) is 0 Å². The first-order valence-electron chi connectivity index (χ1n) is 8.65. The molecule has 0 unspecified atom stereocenters. The summed E-state index contributed by atoms with van der Waals surface area (Å²) in [6.45, 7) is 1.73. The maximum Gasteiger partial charge on any atom is 0.253 e. The summed E-state index contributed by atoms with van der Waals surface area (Å²) in [5.74, 6) is 0.115. The Bertz CT molecular complexity index is 1080. The van der Waals surface area contributed by atoms with E-state index in [1.54, 1.807) is 6.20 Å². The standard InChI is InChI=1S/C20H17N5O/c26-20(25-6-1-7-25)14-4-2-13(3-5-14)15-8-17-18(16-10-23-24-11-16)12-22-19(17)21-9-15/h2-5,8-12H,1,6-7H2,(H,21,22)(H,23,24). The van der Waals surface area contributed by atoms with Crippen LogP contribution in [0.15, 0.2) is 55.1 Å². The number of H-pyrrole nitrogens is 2. The van der Waals surface area contributed by atoms with Gasteiger partial charge in [-0.25, -0.2) is 4.98 Å². The first kappa shape index (κ1) is 14.9. The second-order valence-corrected chi connectivity index (χ2v) is 6.53. The van der Waals surface area contributed by atoms with Crippen LogP contribution in [-0.2, 0) is 0 Å². The van der Waals surface area contributed by atoms with E-state index in [9.17, 15) is 4.79 Å². The zero-order valence-corrected chi connectivity index (χ0v) is 14.1. The number of aromatic nitrogens is 4. The van der Waals surface area contributed by atoms with Crippen LogP contribution >= 0.6 is 0 Å². The number of hydrogen-bond donors (Lipinski definition) is 2. The van der Waals surface area contributed by atoms with Gasteiger partial charge in [-0.1, -0.05) is 12.1 Å². The lowest BCUT2D eigenvalue weighted by molar-refractivity contribution is 0.0652. The van der Waals surface area contributed by atoms with Gasteiger partial charge in [0.1, 0.15) is 5.65 Å². The molecule has 3 aromatic heterocycles. The number of aromatic amines is 2. The van der Waals surface area contributed by atoms with Crippen molar-refractivity contribution < 1.29 is 4.79 Å². The highest BCUT2D eigenvalue weighted by Crippen LogP contribution is 2.30. The fraction of sp³-hybridized carbons (Fsp3) is 0.150. The number of amides is 1. The van der Waals surface area contributed by atoms with Gasteiger partial charge in [0.05, 0.1) is 6.20 Å². The largest absolute Gasteiger partial charge is 0.346 e. The summed E-state index contributed by atoms with van der Waals surface area (Å²) in [7, 11) is 0. The van der Waals surface area contributed by atoms with Crippen molar-refractivity contribution >= 4 is 16.9 Å². The molecule has 1 amide bonds. The molecular weight excluding hydrogens is 326 g/mol. The number of fused-ring (bicyclic) bond motifs is 1. The summed E-state index contributed by atoms with van der Waals surface area (Å²) in [6.07, 6.45) is 8.56. The van der Waals surface area contributed by atoms with Gasteiger partial charge in [-0.3, -0.25) is 9.89 Å². The first-order chi connectivity index (χ1) is 12.8. The zero-order chi connectivity index (χ0) is 17.5. The molecule has 0 spiro atoms. The lowest BCUT2D eigenvalue weighted by Gasteiger charge is -2.30. The topological polar surface area (TPSA) is 77.7 Å². The SMILES string of the molecule is O=C(c1ccc(-c2cnc3[nH]cc(-c4cn[nH]c4)c3c2)cc1)N1CCC1. The van der Waals surface area contributed by atoms with Crippen molar-refractivity contribution in [3.8, 4) is 22.3 Å². The molecule has 2 N–H and O–H groups in total. The van der Waals surface area contributed by atoms with E-state index < -0.39 is 0 Å². The number of pyridine rings is 1. The van der Waals surface area contributed by atoms with Crippen LogP contribution in [0.25, 0.3) is 33.3 Å². The van der Waals surface area contributed by atoms with Gasteiger partial charge in [0, 0.05) is 59.3 Å². The molecule has 1 aliphatic heterocycles. The Morgan fingerprint density at radius 2 is 1.85 bits per heavy atom. The molecule has 0 radical (unpaired) electrons. The maximum atomic E-state index is 12.3. The van der Waals surface area contributed by atoms with Crippen LogP contribution in [-0.4, -0.2) is 44.1 Å². The molecule has 1 aliphatic rings. The van der Waals surface area contributed by atoms with Gasteiger partial charge in [-0.2, -0.15) is 5.10 Å². The Morgan fingerprint density at radius 3 is 2.54 bits per heavy atom. The molecule has 0 bridgehead atoms. The van der Waals surface area contributed by atoms with Gasteiger partial charge in [0.25, 0.3) is 5.91 Å². The number of rotatable bonds is 3. The van der Waals surface area contributed by atoms with Crippen molar-refractivity contribution in [3.05, 3.63) is 60.7 Å². The number of benzene rings is 1. The molecule has 0 atom stereocenters. The second kappa shape index (κ2) is 5.84. The van der Waals surface area contributed by atoms with Gasteiger partial charge >= 0.3 is 0 Å². The number of carbonyl (C=O) groups excluding carboxylic acids is 1. The minimum atomic E-state index is 0.115. The number of hydrogen-bond acceptors (Lipinski definition) is 3. The third-order valence-corrected chi connectivity index (χ3v) is 4.95. The summed E-state index contributed by atoms with van der Waals surface area (Å²) >= 11 is 0. The van der Waals surface area contributed by atoms with Crippen molar-refractivity contribution in [1.29, 1.82) is 0 Å². The number of carbonyl (C=O) groups is 1. The molecule has 128 valence electrons. The Balaban J connectivity index is 1.50. The summed E-state index contributed by atoms with van der Waals surface area (Å²) in [5, 5.41) is 7.91. The third-order valence-electron chi connectivity index (χ3n) is 4.95. The second-order valence-electron chi connectivity index (χ2n) is 6.53. The Labute approximate surface area is 149 Å². The summed E-state index contributed by atoms with van der Waals surface area (Å²) < 4.78 is 0. The quantitative estimate of drug-likeness (QED) is 0.598. The molecule has 6 nitrogen and oxygen atoms in total. The average molecular weight is 343 g/mol. The normalized spacial score (nSPS) is 13.8. The van der Waals surface area contributed by atoms with Crippen molar-refractivity contribution in [1.82, 2.24) is 25.1 Å². The smallest absolute Gasteiger partial charge is 0.253 e. The maximum absolute atomic E-state index is 12.3. The predicted molar refractivity (Wildman–Crippen MR) is 99.6 cm³/mol. The highest BCUT2D eigenvalue weighted by Gasteiger charge is 2.21. The van der Waals surface area contributed by atoms with Crippen molar-refractivity contribution in [2.24, 2.45) is 0 Å². The Hall–Kier alpha value is -3.41. The molecular formula is C20H17N5O. The Morgan fingerprint density at radius 1 is 1.00 bits per heavy atom. The average Bonchev–Trinajstić information content (AvgIpc) is 3.29. The monoisotopic (exact) mass is 343 g/mol. The minimum Gasteiger partial charge on any atom is -0.346 e. The molecule has 6 heteroatoms. The van der Waals surface area contributed by atoms with Gasteiger partial charge in [-0.15, -0.1) is 0 Å². The lowest BCUT2D eigenvalue weighted by atomic mass is 10.0. The predicted octanol–water partition coefficient (Wildman–Crippen LogP) is 3.47. The highest BCUT2D eigenvalue weighted by atomic mass is 16.2. The van der Waals surface area contributed by atoms with Gasteiger partial charge < -0.3 is 9.88 Å². The Kier molecular flexibility index (Phi) is 3.35. The molecule has 5 rings (SSSR count). The molecule has 4 aromatic rings. The fourth-order valence-corrected chi connectivity index (χ4v) is 3.31. The molecule has 26 heavy (non-hydrogen) atoms. The van der Waals surface area contributed by atoms with Crippen molar-refractivity contribution in [3.63, 3.8) is 0 Å². The van der Waals surface area contributed by atoms with E-state index in [1.165, 1.54) is 0 Å². The summed E-state index contributed by atoms with van der Waals surface area (Å²) in [4.78, 5) is 21.9. The van der Waals surface area contributed by atoms with E-state index >= 15 is 0 Å². The van der Waals surface area contributed by atoms with Crippen LogP contribution < -0.4 is 0 Å². The molecule has 4 heterocycles. The van der Waals surface area contributed by atoms with E-state index in [4.69, 9.17) is 0 Å². The fourth-order valence-electron chi connectivity index (χ4n) is 3.31. The van der Waals surface area contributed by atoms with Crippen molar-refractivity contribution in [2.45, 2.75) is 6.42 Å². The van der Waals surface area contributed by atoms with Gasteiger partial charge in [0.15, 0.2) is 0 Å². The zero-order valence-electron chi connectivity index (χ0n) is 14.1. The lowest BCUT2D eigenvalue weighted by Crippen LogP contribution is -2.41. The highest BCUT2D eigenvalue weighted by molar-refractivity contribution is 5.97. The van der Waals surface area contributed by atoms with Crippen LogP contribution in [0.2, 0.25) is 0 Å². The number of nitrogens with zero attached hydrogens (tertiary/aromatic N) is 3. The van der Waals surface area contributed by atoms with Gasteiger partial charge in [-0.05, 0) is 30.2 Å². The summed E-state index contributed by atoms with van der Waals surface area (Å²) in [5.41, 5.74) is 5.72. The molecule has 0 aliphatic carbocycles. The third kappa shape index (κ3) is 2.38. The number of likely N-dealkylation sites (tertiary alicyclic amines) is 1. The number of nitrogens with one attached hydrogen (secondary N) is 2. The van der Waals surface area contributed by atoms with E-state index in [2.05, 4.69) is 26.2 Å². The molecule has 0 saturated carbocycles. The molecule has 1 fully saturated rings. The van der Waals surface area contributed by atoms with E-state index in [0.717, 1.165) is 58.4 Å². The van der Waals surface area contributed by atoms with Crippen LogP contribution in [0.4, 0.5) is 0 Å². The minimum absolute atomic E-state index is 0.115. The molecule has 1 saturated heterocycles. The van der Waals surface area contributed by atoms with E-state index in [1.807, 2.05) is 47.8 Å². The summed E-state index contributed by atoms with van der Waals surface area (Å²) in [6, 6.07) is 9.89. The van der Waals surface area contributed by atoms with Crippen molar-refractivity contribution in [2.75, 3.05) is 13.1 Å².